The van der Waals surface area contributed by atoms with E-state index in [0.717, 1.165) is 6.54 Å². The van der Waals surface area contributed by atoms with E-state index in [0.29, 0.717) is 0 Å². The van der Waals surface area contributed by atoms with Crippen molar-refractivity contribution < 1.29 is 12.3 Å². The van der Waals surface area contributed by atoms with Crippen LogP contribution >= 0.6 is 0 Å². The Morgan fingerprint density at radius 2 is 1.71 bits per heavy atom. The lowest BCUT2D eigenvalue weighted by Gasteiger charge is -2.37. The molecule has 4 nitrogen and oxygen atoms in total. The molecule has 0 amide bonds. The first-order valence-electron chi connectivity index (χ1n) is 5.59. The molecule has 0 aromatic heterocycles. The molecule has 1 aromatic carbocycles. The topological polar surface area (TPSA) is 39.7 Å². The third kappa shape index (κ3) is 3.85. The molecule has 7 heteroatoms. The highest BCUT2D eigenvalue weighted by atomic mass is 28.5. The molecule has 1 aliphatic heterocycles. The molecule has 0 unspecified atom stereocenters. The van der Waals surface area contributed by atoms with Gasteiger partial charge in [-0.15, -0.1) is 0 Å². The van der Waals surface area contributed by atoms with Gasteiger partial charge in [0.25, 0.3) is 0 Å². The van der Waals surface area contributed by atoms with Gasteiger partial charge in [-0.3, -0.25) is 4.98 Å². The van der Waals surface area contributed by atoms with Gasteiger partial charge in [0.15, 0.2) is 0 Å². The monoisotopic (exact) mass is 283 g/mol. The van der Waals surface area contributed by atoms with Gasteiger partial charge in [-0.1, -0.05) is 30.3 Å². The van der Waals surface area contributed by atoms with Crippen LogP contribution in [-0.2, 0) is 18.9 Å². The average molecular weight is 284 g/mol. The summed E-state index contributed by atoms with van der Waals surface area (Å²) in [6.07, 6.45) is 0. The minimum Gasteiger partial charge on any atom is -0.414 e. The first kappa shape index (κ1) is 13.1. The molecule has 1 aliphatic rings. The van der Waals surface area contributed by atoms with Crippen molar-refractivity contribution in [2.75, 3.05) is 0 Å². The first-order valence-corrected chi connectivity index (χ1v) is 11.5. The molecule has 92 valence electrons. The molecule has 0 aliphatic carbocycles. The number of nitrogens with one attached hydrogen (secondary N) is 1. The summed E-state index contributed by atoms with van der Waals surface area (Å²) >= 11 is 0. The van der Waals surface area contributed by atoms with Crippen LogP contribution in [0.15, 0.2) is 30.3 Å². The third-order valence-corrected chi connectivity index (χ3v) is 11.0. The van der Waals surface area contributed by atoms with Crippen molar-refractivity contribution >= 4 is 27.3 Å². The van der Waals surface area contributed by atoms with E-state index in [1.807, 2.05) is 31.3 Å². The van der Waals surface area contributed by atoms with Crippen LogP contribution in [-0.4, -0.2) is 27.3 Å². The van der Waals surface area contributed by atoms with Gasteiger partial charge in [0, 0.05) is 6.54 Å². The number of rotatable bonds is 3. The van der Waals surface area contributed by atoms with Crippen molar-refractivity contribution in [1.82, 2.24) is 4.98 Å². The minimum absolute atomic E-state index is 0.786. The van der Waals surface area contributed by atoms with Gasteiger partial charge < -0.3 is 12.3 Å². The van der Waals surface area contributed by atoms with Crippen molar-refractivity contribution in [3.05, 3.63) is 35.9 Å². The predicted molar refractivity (Wildman–Crippen MR) is 71.4 cm³/mol. The number of benzene rings is 1. The van der Waals surface area contributed by atoms with Crippen LogP contribution in [0.25, 0.3) is 0 Å². The molecule has 1 saturated heterocycles. The van der Waals surface area contributed by atoms with Crippen molar-refractivity contribution in [3.8, 4) is 0 Å². The molecule has 0 saturated carbocycles. The Morgan fingerprint density at radius 3 is 2.29 bits per heavy atom. The van der Waals surface area contributed by atoms with Gasteiger partial charge in [-0.2, -0.15) is 0 Å². The highest BCUT2D eigenvalue weighted by Crippen LogP contribution is 2.15. The normalized spacial score (nSPS) is 21.6. The van der Waals surface area contributed by atoms with E-state index in [1.165, 1.54) is 5.56 Å². The number of hydrogen-bond donors (Lipinski definition) is 1. The van der Waals surface area contributed by atoms with Crippen molar-refractivity contribution in [2.45, 2.75) is 26.2 Å². The average Bonchev–Trinajstić information content (AvgIpc) is 2.26. The SMILES string of the molecule is C[Si]1O[Si](C)O[Si](C)(NCc2ccccc2)O1. The van der Waals surface area contributed by atoms with Crippen LogP contribution in [0.1, 0.15) is 5.56 Å². The predicted octanol–water partition coefficient (Wildman–Crippen LogP) is 1.64. The lowest BCUT2D eigenvalue weighted by molar-refractivity contribution is 0.256. The van der Waals surface area contributed by atoms with Gasteiger partial charge in [-0.05, 0) is 25.2 Å². The van der Waals surface area contributed by atoms with Crippen molar-refractivity contribution in [2.24, 2.45) is 0 Å². The summed E-state index contributed by atoms with van der Waals surface area (Å²) in [4.78, 5) is 3.44. The van der Waals surface area contributed by atoms with Gasteiger partial charge >= 0.3 is 27.3 Å². The van der Waals surface area contributed by atoms with Crippen LogP contribution < -0.4 is 4.98 Å². The fourth-order valence-electron chi connectivity index (χ4n) is 1.74. The zero-order valence-electron chi connectivity index (χ0n) is 10.3. The summed E-state index contributed by atoms with van der Waals surface area (Å²) in [5, 5.41) is 0. The molecule has 0 spiro atoms. The Kier molecular flexibility index (Phi) is 4.31. The molecule has 0 atom stereocenters. The van der Waals surface area contributed by atoms with Crippen LogP contribution in [0.3, 0.4) is 0 Å². The molecule has 1 fully saturated rings. The third-order valence-electron chi connectivity index (χ3n) is 2.42. The molecule has 1 heterocycles. The van der Waals surface area contributed by atoms with Crippen LogP contribution in [0.5, 0.6) is 0 Å². The summed E-state index contributed by atoms with van der Waals surface area (Å²) in [5.74, 6) is 0. The molecule has 1 N–H and O–H groups in total. The molecule has 0 bridgehead atoms. The van der Waals surface area contributed by atoms with E-state index in [-0.39, 0.29) is 0 Å². The zero-order valence-corrected chi connectivity index (χ0v) is 13.3. The second kappa shape index (κ2) is 5.57. The van der Waals surface area contributed by atoms with E-state index in [9.17, 15) is 0 Å². The van der Waals surface area contributed by atoms with Crippen LogP contribution in [0.4, 0.5) is 0 Å². The Labute approximate surface area is 107 Å². The molecule has 2 rings (SSSR count). The van der Waals surface area contributed by atoms with Gasteiger partial charge in [-0.25, -0.2) is 0 Å². The fraction of sp³-hybridized carbons (Fsp3) is 0.400. The molecule has 2 radical (unpaired) electrons. The van der Waals surface area contributed by atoms with Gasteiger partial charge in [0.2, 0.25) is 0 Å². The van der Waals surface area contributed by atoms with E-state index in [2.05, 4.69) is 23.7 Å². The van der Waals surface area contributed by atoms with E-state index < -0.39 is 27.3 Å². The maximum absolute atomic E-state index is 5.88. The Hall–Kier alpha value is -0.289. The fourth-order valence-corrected chi connectivity index (χ4v) is 10.5. The summed E-state index contributed by atoms with van der Waals surface area (Å²) in [6, 6.07) is 10.3. The first-order chi connectivity index (χ1) is 8.07. The largest absolute Gasteiger partial charge is 0.414 e. The quantitative estimate of drug-likeness (QED) is 0.856. The molecule has 17 heavy (non-hydrogen) atoms. The Balaban J connectivity index is 1.93. The number of hydrogen-bond acceptors (Lipinski definition) is 4. The van der Waals surface area contributed by atoms with E-state index in [4.69, 9.17) is 12.3 Å². The summed E-state index contributed by atoms with van der Waals surface area (Å²) in [5.41, 5.74) is 1.25. The van der Waals surface area contributed by atoms with Crippen LogP contribution in [0.2, 0.25) is 19.6 Å². The minimum atomic E-state index is -2.23. The molecule has 1 aromatic rings. The molecular formula is C10H17NO3Si3. The lowest BCUT2D eigenvalue weighted by Crippen LogP contribution is -2.63. The lowest BCUT2D eigenvalue weighted by atomic mass is 10.2. The summed E-state index contributed by atoms with van der Waals surface area (Å²) < 4.78 is 17.3. The van der Waals surface area contributed by atoms with Gasteiger partial charge in [0.05, 0.1) is 0 Å². The highest BCUT2D eigenvalue weighted by Gasteiger charge is 2.42. The Bertz CT molecular complexity index is 355. The van der Waals surface area contributed by atoms with E-state index >= 15 is 0 Å². The standard InChI is InChI=1S/C10H17NO3Si3/c1-15-12-16(2)14-17(3,13-15)11-9-10-7-5-4-6-8-10/h4-8,11H,9H2,1-3H3. The maximum Gasteiger partial charge on any atom is 0.404 e. The molecular weight excluding hydrogens is 266 g/mol. The smallest absolute Gasteiger partial charge is 0.404 e. The van der Waals surface area contributed by atoms with Crippen molar-refractivity contribution in [1.29, 1.82) is 0 Å². The summed E-state index contributed by atoms with van der Waals surface area (Å²) in [7, 11) is -4.49. The second-order valence-corrected chi connectivity index (χ2v) is 10.7. The van der Waals surface area contributed by atoms with Crippen LogP contribution in [0, 0.1) is 0 Å². The zero-order chi connectivity index (χ0) is 12.3. The Morgan fingerprint density at radius 1 is 1.12 bits per heavy atom. The van der Waals surface area contributed by atoms with Gasteiger partial charge in [0.1, 0.15) is 0 Å². The van der Waals surface area contributed by atoms with E-state index in [1.54, 1.807) is 0 Å². The second-order valence-electron chi connectivity index (χ2n) is 4.07. The summed E-state index contributed by atoms with van der Waals surface area (Å²) in [6.45, 7) is 6.89. The highest BCUT2D eigenvalue weighted by molar-refractivity contribution is 6.80. The maximum atomic E-state index is 5.88. The van der Waals surface area contributed by atoms with Crippen molar-refractivity contribution in [3.63, 3.8) is 0 Å².